The van der Waals surface area contributed by atoms with E-state index in [0.717, 1.165) is 43.1 Å². The Balaban J connectivity index is 1.61. The number of sulfonamides is 1. The number of methoxy groups -OCH3 is 1. The molecule has 1 saturated heterocycles. The number of hydrogen-bond donors (Lipinski definition) is 1. The Morgan fingerprint density at radius 1 is 1.23 bits per heavy atom. The Morgan fingerprint density at radius 2 is 1.94 bits per heavy atom. The molecule has 0 spiro atoms. The van der Waals surface area contributed by atoms with Crippen LogP contribution in [0.3, 0.4) is 0 Å². The van der Waals surface area contributed by atoms with E-state index < -0.39 is 28.2 Å². The number of amides is 1. The lowest BCUT2D eigenvalue weighted by Crippen LogP contribution is -2.59. The molecule has 1 heterocycles. The van der Waals surface area contributed by atoms with Gasteiger partial charge in [0.15, 0.2) is 0 Å². The van der Waals surface area contributed by atoms with Crippen molar-refractivity contribution in [1.29, 1.82) is 5.26 Å². The highest BCUT2D eigenvalue weighted by molar-refractivity contribution is 7.88. The topological polar surface area (TPSA) is 109 Å². The van der Waals surface area contributed by atoms with Gasteiger partial charge < -0.3 is 14.4 Å². The highest BCUT2D eigenvalue weighted by Gasteiger charge is 2.37. The average molecular weight is 450 g/mol. The molecule has 3 rings (SSSR count). The molecule has 2 atom stereocenters. The first kappa shape index (κ1) is 23.5. The van der Waals surface area contributed by atoms with Crippen molar-refractivity contribution >= 4 is 16.1 Å². The summed E-state index contributed by atoms with van der Waals surface area (Å²) in [7, 11) is -2.08. The summed E-state index contributed by atoms with van der Waals surface area (Å²) in [6.07, 6.45) is 5.63. The smallest absolute Gasteiger partial charge is 0.409 e. The molecule has 0 aromatic heterocycles. The number of carbonyl (C=O) groups excluding carboxylic acids is 1. The number of hydrogen-bond acceptors (Lipinski definition) is 6. The number of benzene rings is 1. The van der Waals surface area contributed by atoms with Crippen LogP contribution in [-0.4, -0.2) is 64.1 Å². The molecule has 170 valence electrons. The zero-order valence-electron chi connectivity index (χ0n) is 18.1. The van der Waals surface area contributed by atoms with Gasteiger partial charge in [-0.25, -0.2) is 17.9 Å². The van der Waals surface area contributed by atoms with Crippen LogP contribution in [-0.2, 0) is 19.5 Å². The molecule has 9 heteroatoms. The monoisotopic (exact) mass is 449 g/mol. The van der Waals surface area contributed by atoms with Gasteiger partial charge in [-0.1, -0.05) is 18.2 Å². The lowest BCUT2D eigenvalue weighted by Gasteiger charge is -2.41. The fourth-order valence-corrected chi connectivity index (χ4v) is 5.57. The van der Waals surface area contributed by atoms with Crippen molar-refractivity contribution in [3.05, 3.63) is 35.4 Å². The number of nitrogens with zero attached hydrogens (tertiary/aromatic N) is 2. The van der Waals surface area contributed by atoms with E-state index in [0.29, 0.717) is 25.3 Å². The maximum Gasteiger partial charge on any atom is 0.409 e. The molecular weight excluding hydrogens is 418 g/mol. The summed E-state index contributed by atoms with van der Waals surface area (Å²) in [6, 6.07) is 9.21. The van der Waals surface area contributed by atoms with E-state index in [9.17, 15) is 18.5 Å². The Kier molecular flexibility index (Phi) is 7.92. The van der Waals surface area contributed by atoms with Crippen molar-refractivity contribution in [1.82, 2.24) is 9.62 Å². The van der Waals surface area contributed by atoms with E-state index in [-0.39, 0.29) is 12.7 Å². The van der Waals surface area contributed by atoms with Crippen molar-refractivity contribution in [2.45, 2.75) is 62.6 Å². The van der Waals surface area contributed by atoms with E-state index in [2.05, 4.69) is 10.8 Å². The normalized spacial score (nSPS) is 26.8. The Bertz CT molecular complexity index is 906. The predicted molar refractivity (Wildman–Crippen MR) is 116 cm³/mol. The fraction of sp³-hybridized carbons (Fsp3) is 0.636. The highest BCUT2D eigenvalue weighted by atomic mass is 32.2. The van der Waals surface area contributed by atoms with Gasteiger partial charge in [-0.3, -0.25) is 0 Å². The first-order valence-corrected chi connectivity index (χ1v) is 12.6. The van der Waals surface area contributed by atoms with E-state index in [1.165, 1.54) is 7.11 Å². The van der Waals surface area contributed by atoms with Gasteiger partial charge in [-0.15, -0.1) is 0 Å². The van der Waals surface area contributed by atoms with Gasteiger partial charge >= 0.3 is 6.09 Å². The molecule has 2 fully saturated rings. The van der Waals surface area contributed by atoms with Crippen molar-refractivity contribution in [2.75, 3.05) is 26.5 Å². The molecule has 0 radical (unpaired) electrons. The summed E-state index contributed by atoms with van der Waals surface area (Å²) in [6.45, 7) is 0.771. The zero-order chi connectivity index (χ0) is 22.4. The summed E-state index contributed by atoms with van der Waals surface area (Å²) < 4.78 is 37.4. The Labute approximate surface area is 184 Å². The lowest BCUT2D eigenvalue weighted by molar-refractivity contribution is -0.0245. The number of likely N-dealkylation sites (tertiary alicyclic amines) is 1. The lowest BCUT2D eigenvalue weighted by atomic mass is 9.81. The molecule has 0 unspecified atom stereocenters. The van der Waals surface area contributed by atoms with Crippen LogP contribution in [0.15, 0.2) is 24.3 Å². The summed E-state index contributed by atoms with van der Waals surface area (Å²) in [5.41, 5.74) is 1.84. The number of rotatable bonds is 6. The van der Waals surface area contributed by atoms with E-state index in [1.54, 1.807) is 4.90 Å². The molecule has 8 nitrogen and oxygen atoms in total. The summed E-state index contributed by atoms with van der Waals surface area (Å²) in [5, 5.41) is 9.36. The third kappa shape index (κ3) is 6.19. The standard InChI is InChI=1S/C22H31N3O5S/c1-29-22(26)25-13-5-8-20(24-31(2,27)28)21(25)15-30-18-11-9-16(10-12-18)19-7-4-3-6-17(19)14-23/h3-4,6-7,16,18,20-21,24H,5,8-13,15H2,1-2H3/t16-,18+,20-,21-/m0/s1. The predicted octanol–water partition coefficient (Wildman–Crippen LogP) is 2.75. The van der Waals surface area contributed by atoms with Crippen LogP contribution in [0.2, 0.25) is 0 Å². The van der Waals surface area contributed by atoms with Crippen LogP contribution < -0.4 is 4.72 Å². The minimum absolute atomic E-state index is 0.0470. The Hall–Kier alpha value is -2.15. The van der Waals surface area contributed by atoms with Crippen molar-refractivity contribution < 1.29 is 22.7 Å². The number of nitrogens with one attached hydrogen (secondary N) is 1. The molecule has 2 aliphatic rings. The zero-order valence-corrected chi connectivity index (χ0v) is 18.9. The van der Waals surface area contributed by atoms with Gasteiger partial charge in [0.25, 0.3) is 0 Å². The van der Waals surface area contributed by atoms with Crippen LogP contribution in [0.5, 0.6) is 0 Å². The molecule has 31 heavy (non-hydrogen) atoms. The maximum atomic E-state index is 12.2. The summed E-state index contributed by atoms with van der Waals surface area (Å²) in [5.74, 6) is 0.344. The second-order valence-electron chi connectivity index (χ2n) is 8.38. The van der Waals surface area contributed by atoms with Crippen LogP contribution in [0.4, 0.5) is 4.79 Å². The van der Waals surface area contributed by atoms with Crippen molar-refractivity contribution in [2.24, 2.45) is 0 Å². The second-order valence-corrected chi connectivity index (χ2v) is 10.2. The largest absolute Gasteiger partial charge is 0.453 e. The minimum atomic E-state index is -3.41. The average Bonchev–Trinajstić information content (AvgIpc) is 2.77. The van der Waals surface area contributed by atoms with Crippen LogP contribution in [0.25, 0.3) is 0 Å². The third-order valence-electron chi connectivity index (χ3n) is 6.25. The SMILES string of the molecule is COC(=O)N1CCC[C@H](NS(C)(=O)=O)[C@@H]1CO[C@H]1CC[C@@H](c2ccccc2C#N)CC1. The molecular formula is C22H31N3O5S. The van der Waals surface area contributed by atoms with Crippen LogP contribution >= 0.6 is 0 Å². The van der Waals surface area contributed by atoms with E-state index in [4.69, 9.17) is 9.47 Å². The van der Waals surface area contributed by atoms with Crippen molar-refractivity contribution in [3.8, 4) is 6.07 Å². The quantitative estimate of drug-likeness (QED) is 0.715. The van der Waals surface area contributed by atoms with Gasteiger partial charge in [-0.05, 0) is 56.1 Å². The molecule has 1 aromatic rings. The second kappa shape index (κ2) is 10.4. The number of carbonyl (C=O) groups is 1. The first-order chi connectivity index (χ1) is 14.8. The number of ether oxygens (including phenoxy) is 2. The van der Waals surface area contributed by atoms with Gasteiger partial charge in [-0.2, -0.15) is 5.26 Å². The number of piperidine rings is 1. The van der Waals surface area contributed by atoms with E-state index >= 15 is 0 Å². The molecule has 1 amide bonds. The number of nitriles is 1. The molecule has 1 saturated carbocycles. The van der Waals surface area contributed by atoms with Gasteiger partial charge in [0.1, 0.15) is 0 Å². The first-order valence-electron chi connectivity index (χ1n) is 10.7. The maximum absolute atomic E-state index is 12.2. The van der Waals surface area contributed by atoms with Crippen LogP contribution in [0, 0.1) is 11.3 Å². The van der Waals surface area contributed by atoms with E-state index in [1.807, 2.05) is 24.3 Å². The third-order valence-corrected chi connectivity index (χ3v) is 6.98. The Morgan fingerprint density at radius 3 is 2.58 bits per heavy atom. The van der Waals surface area contributed by atoms with Gasteiger partial charge in [0, 0.05) is 12.6 Å². The van der Waals surface area contributed by atoms with Crippen molar-refractivity contribution in [3.63, 3.8) is 0 Å². The van der Waals surface area contributed by atoms with Gasteiger partial charge in [0.2, 0.25) is 10.0 Å². The summed E-state index contributed by atoms with van der Waals surface area (Å²) in [4.78, 5) is 13.8. The summed E-state index contributed by atoms with van der Waals surface area (Å²) >= 11 is 0. The minimum Gasteiger partial charge on any atom is -0.453 e. The molecule has 0 bridgehead atoms. The molecule has 1 aromatic carbocycles. The molecule has 1 aliphatic carbocycles. The fourth-order valence-electron chi connectivity index (χ4n) is 4.75. The van der Waals surface area contributed by atoms with Crippen LogP contribution in [0.1, 0.15) is 55.6 Å². The molecule has 1 aliphatic heterocycles. The molecule has 1 N–H and O–H groups in total. The van der Waals surface area contributed by atoms with Gasteiger partial charge in [0.05, 0.1) is 43.8 Å². The highest BCUT2D eigenvalue weighted by Crippen LogP contribution is 2.35.